The predicted molar refractivity (Wildman–Crippen MR) is 64.5 cm³/mol. The molecule has 0 saturated carbocycles. The van der Waals surface area contributed by atoms with Gasteiger partial charge in [0.05, 0.1) is 0 Å². The fraction of sp³-hybridized carbons (Fsp3) is 0.833. The molecule has 17 heavy (non-hydrogen) atoms. The highest BCUT2D eigenvalue weighted by Gasteiger charge is 2.46. The lowest BCUT2D eigenvalue weighted by Gasteiger charge is -2.46. The zero-order valence-electron chi connectivity index (χ0n) is 10.4. The Morgan fingerprint density at radius 1 is 1.35 bits per heavy atom. The molecule has 5 heteroatoms. The van der Waals surface area contributed by atoms with Crippen molar-refractivity contribution in [3.8, 4) is 0 Å². The second-order valence-electron chi connectivity index (χ2n) is 4.86. The monoisotopic (exact) mass is 239 g/mol. The maximum atomic E-state index is 12.2. The third-order valence-corrected chi connectivity index (χ3v) is 3.92. The van der Waals surface area contributed by atoms with Crippen molar-refractivity contribution in [2.45, 2.75) is 37.6 Å². The van der Waals surface area contributed by atoms with E-state index in [9.17, 15) is 9.59 Å². The fourth-order valence-electron chi connectivity index (χ4n) is 2.95. The number of hydrogen-bond donors (Lipinski definition) is 2. The normalized spacial score (nSPS) is 24.5. The number of carbonyl (C=O) groups is 2. The Morgan fingerprint density at radius 2 is 2.06 bits per heavy atom. The fourth-order valence-corrected chi connectivity index (χ4v) is 2.95. The molecule has 0 spiro atoms. The molecule has 2 aliphatic rings. The lowest BCUT2D eigenvalue weighted by Crippen LogP contribution is -2.64. The summed E-state index contributed by atoms with van der Waals surface area (Å²) in [5.41, 5.74) is -0.600. The molecule has 0 radical (unpaired) electrons. The Kier molecular flexibility index (Phi) is 3.66. The van der Waals surface area contributed by atoms with Gasteiger partial charge in [0.2, 0.25) is 11.8 Å². The van der Waals surface area contributed by atoms with Crippen LogP contribution >= 0.6 is 0 Å². The molecule has 0 bridgehead atoms. The maximum Gasteiger partial charge on any atom is 0.245 e. The van der Waals surface area contributed by atoms with E-state index in [4.69, 9.17) is 0 Å². The topological polar surface area (TPSA) is 61.4 Å². The van der Waals surface area contributed by atoms with Crippen LogP contribution < -0.4 is 10.6 Å². The van der Waals surface area contributed by atoms with Crippen molar-refractivity contribution in [1.29, 1.82) is 0 Å². The highest BCUT2D eigenvalue weighted by atomic mass is 16.2. The Hall–Kier alpha value is -1.10. The van der Waals surface area contributed by atoms with E-state index in [1.807, 2.05) is 4.90 Å². The second kappa shape index (κ2) is 5.04. The first kappa shape index (κ1) is 12.4. The summed E-state index contributed by atoms with van der Waals surface area (Å²) < 4.78 is 0. The zero-order valence-corrected chi connectivity index (χ0v) is 10.4. The van der Waals surface area contributed by atoms with Crippen molar-refractivity contribution in [3.05, 3.63) is 0 Å². The van der Waals surface area contributed by atoms with Crippen LogP contribution in [0, 0.1) is 0 Å². The largest absolute Gasteiger partial charge is 0.357 e. The molecule has 2 aliphatic heterocycles. The molecule has 96 valence electrons. The minimum Gasteiger partial charge on any atom is -0.357 e. The summed E-state index contributed by atoms with van der Waals surface area (Å²) in [6.07, 6.45) is 4.00. The van der Waals surface area contributed by atoms with E-state index in [0.717, 1.165) is 45.3 Å². The van der Waals surface area contributed by atoms with Gasteiger partial charge in [-0.25, -0.2) is 0 Å². The molecule has 0 aromatic heterocycles. The highest BCUT2D eigenvalue weighted by molar-refractivity contribution is 5.91. The number of likely N-dealkylation sites (tertiary alicyclic amines) is 1. The van der Waals surface area contributed by atoms with Gasteiger partial charge in [0.15, 0.2) is 0 Å². The molecule has 5 nitrogen and oxygen atoms in total. The molecule has 0 aromatic rings. The number of piperidine rings is 2. The van der Waals surface area contributed by atoms with Crippen LogP contribution in [0.25, 0.3) is 0 Å². The summed E-state index contributed by atoms with van der Waals surface area (Å²) in [6.45, 7) is 2.33. The van der Waals surface area contributed by atoms with E-state index in [-0.39, 0.29) is 11.8 Å². The Bertz CT molecular complexity index is 311. The number of likely N-dealkylation sites (N-methyl/N-ethyl adjacent to an activating group) is 1. The van der Waals surface area contributed by atoms with Gasteiger partial charge in [-0.05, 0) is 38.8 Å². The van der Waals surface area contributed by atoms with Gasteiger partial charge in [0, 0.05) is 20.0 Å². The summed E-state index contributed by atoms with van der Waals surface area (Å²) in [5, 5.41) is 5.99. The van der Waals surface area contributed by atoms with Crippen LogP contribution in [0.15, 0.2) is 0 Å². The van der Waals surface area contributed by atoms with Crippen molar-refractivity contribution in [1.82, 2.24) is 15.5 Å². The molecule has 0 aliphatic carbocycles. The molecule has 0 atom stereocenters. The minimum atomic E-state index is -0.600. The molecular weight excluding hydrogens is 218 g/mol. The van der Waals surface area contributed by atoms with Gasteiger partial charge in [0.1, 0.15) is 5.54 Å². The van der Waals surface area contributed by atoms with Crippen LogP contribution in [0.5, 0.6) is 0 Å². The van der Waals surface area contributed by atoms with Crippen molar-refractivity contribution < 1.29 is 9.59 Å². The SMILES string of the molecule is CNC(=O)C1(N2CCCCC2=O)CCNCC1. The zero-order chi connectivity index (χ0) is 12.3. The number of carbonyl (C=O) groups excluding carboxylic acids is 2. The van der Waals surface area contributed by atoms with Gasteiger partial charge < -0.3 is 15.5 Å². The quantitative estimate of drug-likeness (QED) is 0.705. The number of rotatable bonds is 2. The number of amides is 2. The minimum absolute atomic E-state index is 0.00532. The first-order valence-corrected chi connectivity index (χ1v) is 6.44. The molecule has 2 amide bonds. The van der Waals surface area contributed by atoms with Crippen LogP contribution in [0.3, 0.4) is 0 Å². The van der Waals surface area contributed by atoms with Gasteiger partial charge in [-0.1, -0.05) is 0 Å². The second-order valence-corrected chi connectivity index (χ2v) is 4.86. The Labute approximate surface area is 102 Å². The van der Waals surface area contributed by atoms with Crippen LogP contribution in [-0.4, -0.2) is 48.9 Å². The van der Waals surface area contributed by atoms with Crippen LogP contribution in [0.2, 0.25) is 0 Å². The summed E-state index contributed by atoms with van der Waals surface area (Å²) in [5.74, 6) is 0.135. The summed E-state index contributed by atoms with van der Waals surface area (Å²) in [7, 11) is 1.65. The van der Waals surface area contributed by atoms with E-state index >= 15 is 0 Å². The smallest absolute Gasteiger partial charge is 0.245 e. The summed E-state index contributed by atoms with van der Waals surface area (Å²) in [4.78, 5) is 26.1. The average Bonchev–Trinajstić information content (AvgIpc) is 2.39. The third-order valence-electron chi connectivity index (χ3n) is 3.92. The van der Waals surface area contributed by atoms with Crippen LogP contribution in [0.1, 0.15) is 32.1 Å². The summed E-state index contributed by atoms with van der Waals surface area (Å²) in [6, 6.07) is 0. The Balaban J connectivity index is 2.24. The van der Waals surface area contributed by atoms with E-state index in [0.29, 0.717) is 6.42 Å². The molecule has 2 saturated heterocycles. The highest BCUT2D eigenvalue weighted by Crippen LogP contribution is 2.30. The number of nitrogens with zero attached hydrogens (tertiary/aromatic N) is 1. The number of nitrogens with one attached hydrogen (secondary N) is 2. The number of hydrogen-bond acceptors (Lipinski definition) is 3. The van der Waals surface area contributed by atoms with Gasteiger partial charge in [-0.3, -0.25) is 9.59 Å². The maximum absolute atomic E-state index is 12.2. The lowest BCUT2D eigenvalue weighted by molar-refractivity contribution is -0.151. The van der Waals surface area contributed by atoms with Gasteiger partial charge >= 0.3 is 0 Å². The Morgan fingerprint density at radius 3 is 2.65 bits per heavy atom. The van der Waals surface area contributed by atoms with E-state index in [2.05, 4.69) is 10.6 Å². The molecular formula is C12H21N3O2. The first-order chi connectivity index (χ1) is 8.20. The molecule has 0 unspecified atom stereocenters. The van der Waals surface area contributed by atoms with Crippen LogP contribution in [-0.2, 0) is 9.59 Å². The lowest BCUT2D eigenvalue weighted by atomic mass is 9.83. The summed E-state index contributed by atoms with van der Waals surface area (Å²) >= 11 is 0. The van der Waals surface area contributed by atoms with Gasteiger partial charge in [0.25, 0.3) is 0 Å². The molecule has 2 heterocycles. The molecule has 2 N–H and O–H groups in total. The predicted octanol–water partition coefficient (Wildman–Crippen LogP) is -0.133. The van der Waals surface area contributed by atoms with Crippen molar-refractivity contribution in [3.63, 3.8) is 0 Å². The standard InChI is InChI=1S/C12H21N3O2/c1-13-11(17)12(5-7-14-8-6-12)15-9-3-2-4-10(15)16/h14H,2-9H2,1H3,(H,13,17). The first-order valence-electron chi connectivity index (χ1n) is 6.44. The molecule has 0 aromatic carbocycles. The molecule has 2 rings (SSSR count). The van der Waals surface area contributed by atoms with Gasteiger partial charge in [-0.2, -0.15) is 0 Å². The van der Waals surface area contributed by atoms with E-state index < -0.39 is 5.54 Å². The van der Waals surface area contributed by atoms with Gasteiger partial charge in [-0.15, -0.1) is 0 Å². The van der Waals surface area contributed by atoms with Crippen molar-refractivity contribution in [2.75, 3.05) is 26.7 Å². The molecule has 2 fully saturated rings. The van der Waals surface area contributed by atoms with E-state index in [1.165, 1.54) is 0 Å². The van der Waals surface area contributed by atoms with Crippen LogP contribution in [0.4, 0.5) is 0 Å². The third kappa shape index (κ3) is 2.16. The van der Waals surface area contributed by atoms with Crippen molar-refractivity contribution >= 4 is 11.8 Å². The van der Waals surface area contributed by atoms with E-state index in [1.54, 1.807) is 7.05 Å². The van der Waals surface area contributed by atoms with Crippen molar-refractivity contribution in [2.24, 2.45) is 0 Å². The average molecular weight is 239 g/mol.